The number of rotatable bonds is 4. The van der Waals surface area contributed by atoms with Crippen molar-refractivity contribution in [2.45, 2.75) is 24.3 Å². The largest absolute Gasteiger partial charge is 0.485 e. The lowest BCUT2D eigenvalue weighted by Crippen LogP contribution is -2.13. The first-order chi connectivity index (χ1) is 11.3. The predicted molar refractivity (Wildman–Crippen MR) is 93.0 cm³/mol. The molecule has 0 radical (unpaired) electrons. The average Bonchev–Trinajstić information content (AvgIpc) is 2.53. The van der Waals surface area contributed by atoms with Crippen LogP contribution in [0.3, 0.4) is 0 Å². The van der Waals surface area contributed by atoms with Gasteiger partial charge in [-0.1, -0.05) is 24.3 Å². The van der Waals surface area contributed by atoms with Crippen LogP contribution in [0.5, 0.6) is 0 Å². The number of ketones is 1. The lowest BCUT2D eigenvalue weighted by molar-refractivity contribution is -0.118. The Labute approximate surface area is 141 Å². The summed E-state index contributed by atoms with van der Waals surface area (Å²) >= 11 is 0. The van der Waals surface area contributed by atoms with Gasteiger partial charge in [0.05, 0.1) is 4.90 Å². The summed E-state index contributed by atoms with van der Waals surface area (Å²) in [5.74, 6) is 0.698. The quantitative estimate of drug-likeness (QED) is 0.851. The van der Waals surface area contributed by atoms with Gasteiger partial charge in [-0.3, -0.25) is 4.79 Å². The Kier molecular flexibility index (Phi) is 4.28. The first-order valence-corrected chi connectivity index (χ1v) is 9.51. The van der Waals surface area contributed by atoms with Crippen molar-refractivity contribution in [1.29, 1.82) is 0 Å². The summed E-state index contributed by atoms with van der Waals surface area (Å²) in [7, 11) is -3.23. The third-order valence-corrected chi connectivity index (χ3v) is 5.07. The van der Waals surface area contributed by atoms with Crippen LogP contribution < -0.4 is 0 Å². The fourth-order valence-corrected chi connectivity index (χ4v) is 3.39. The lowest BCUT2D eigenvalue weighted by Gasteiger charge is -2.27. The molecule has 1 heterocycles. The van der Waals surface area contributed by atoms with Gasteiger partial charge in [-0.25, -0.2) is 8.42 Å². The van der Waals surface area contributed by atoms with E-state index in [-0.39, 0.29) is 16.8 Å². The van der Waals surface area contributed by atoms with Crippen molar-refractivity contribution in [1.82, 2.24) is 0 Å². The molecule has 0 aromatic heterocycles. The van der Waals surface area contributed by atoms with Crippen molar-refractivity contribution in [3.05, 3.63) is 65.2 Å². The molecule has 2 aromatic carbocycles. The zero-order valence-corrected chi connectivity index (χ0v) is 14.3. The highest BCUT2D eigenvalue weighted by Crippen LogP contribution is 2.37. The third kappa shape index (κ3) is 3.41. The minimum Gasteiger partial charge on any atom is -0.485 e. The average molecular weight is 342 g/mol. The van der Waals surface area contributed by atoms with Gasteiger partial charge in [0.25, 0.3) is 0 Å². The molecule has 24 heavy (non-hydrogen) atoms. The molecule has 0 amide bonds. The number of hydrogen-bond donors (Lipinski definition) is 0. The van der Waals surface area contributed by atoms with Crippen LogP contribution in [-0.4, -0.2) is 20.5 Å². The first kappa shape index (κ1) is 16.5. The van der Waals surface area contributed by atoms with E-state index in [1.807, 2.05) is 30.3 Å². The second kappa shape index (κ2) is 6.24. The minimum absolute atomic E-state index is 0.0588. The van der Waals surface area contributed by atoms with Crippen LogP contribution in [0.1, 0.15) is 36.1 Å². The van der Waals surface area contributed by atoms with Gasteiger partial charge in [0.2, 0.25) is 0 Å². The Hall–Kier alpha value is -2.40. The maximum atomic E-state index is 11.6. The van der Waals surface area contributed by atoms with Crippen LogP contribution in [0.4, 0.5) is 0 Å². The van der Waals surface area contributed by atoms with E-state index in [1.165, 1.54) is 6.26 Å². The van der Waals surface area contributed by atoms with Gasteiger partial charge in [-0.2, -0.15) is 0 Å². The van der Waals surface area contributed by atoms with Crippen molar-refractivity contribution in [3.63, 3.8) is 0 Å². The summed E-state index contributed by atoms with van der Waals surface area (Å²) in [5, 5.41) is 0. The molecule has 1 atom stereocenters. The van der Waals surface area contributed by atoms with E-state index in [1.54, 1.807) is 31.2 Å². The zero-order valence-electron chi connectivity index (χ0n) is 13.5. The third-order valence-electron chi connectivity index (χ3n) is 3.94. The van der Waals surface area contributed by atoms with Crippen molar-refractivity contribution < 1.29 is 17.9 Å². The number of sulfone groups is 1. The molecule has 0 saturated carbocycles. The van der Waals surface area contributed by atoms with Gasteiger partial charge in [0, 0.05) is 23.8 Å². The lowest BCUT2D eigenvalue weighted by atomic mass is 9.95. The normalized spacial score (nSPS) is 16.8. The molecule has 5 heteroatoms. The van der Waals surface area contributed by atoms with Crippen LogP contribution in [0.25, 0.3) is 11.8 Å². The van der Waals surface area contributed by atoms with Gasteiger partial charge >= 0.3 is 0 Å². The van der Waals surface area contributed by atoms with E-state index in [0.717, 1.165) is 16.7 Å². The van der Waals surface area contributed by atoms with Crippen molar-refractivity contribution >= 4 is 27.5 Å². The number of ether oxygens (including phenoxy) is 1. The maximum Gasteiger partial charge on any atom is 0.175 e. The minimum atomic E-state index is -3.23. The highest BCUT2D eigenvalue weighted by molar-refractivity contribution is 7.90. The highest BCUT2D eigenvalue weighted by atomic mass is 32.2. The monoisotopic (exact) mass is 342 g/mol. The van der Waals surface area contributed by atoms with E-state index >= 15 is 0 Å². The molecule has 0 bridgehead atoms. The molecule has 0 fully saturated rings. The maximum absolute atomic E-state index is 11.6. The van der Waals surface area contributed by atoms with Gasteiger partial charge in [-0.15, -0.1) is 0 Å². The van der Waals surface area contributed by atoms with Crippen molar-refractivity contribution in [2.24, 2.45) is 0 Å². The van der Waals surface area contributed by atoms with E-state index in [0.29, 0.717) is 12.2 Å². The second-order valence-corrected chi connectivity index (χ2v) is 7.96. The summed E-state index contributed by atoms with van der Waals surface area (Å²) in [4.78, 5) is 11.8. The Bertz CT molecular complexity index is 909. The zero-order chi connectivity index (χ0) is 17.3. The number of benzene rings is 2. The number of fused-ring (bicyclic) bond motifs is 1. The number of hydrogen-bond acceptors (Lipinski definition) is 4. The summed E-state index contributed by atoms with van der Waals surface area (Å²) in [6.45, 7) is 1.55. The Balaban J connectivity index is 1.99. The van der Waals surface area contributed by atoms with Gasteiger partial charge in [0.1, 0.15) is 17.6 Å². The van der Waals surface area contributed by atoms with Crippen LogP contribution in [-0.2, 0) is 19.4 Å². The topological polar surface area (TPSA) is 60.4 Å². The highest BCUT2D eigenvalue weighted by Gasteiger charge is 2.24. The van der Waals surface area contributed by atoms with Crippen LogP contribution in [0, 0.1) is 0 Å². The molecule has 124 valence electrons. The van der Waals surface area contributed by atoms with E-state index in [4.69, 9.17) is 4.74 Å². The molecule has 0 N–H and O–H groups in total. The van der Waals surface area contributed by atoms with Crippen molar-refractivity contribution in [3.8, 4) is 0 Å². The standard InChI is InChI=1S/C19H18O4S/c1-13(20)11-19-17-6-4-3-5-15(17)12-18(23-19)14-7-9-16(10-8-14)24(2,21)22/h3-10,12,19H,11H2,1-2H3. The Morgan fingerprint density at radius 2 is 1.75 bits per heavy atom. The van der Waals surface area contributed by atoms with Crippen LogP contribution in [0.2, 0.25) is 0 Å². The molecule has 1 unspecified atom stereocenters. The summed E-state index contributed by atoms with van der Waals surface area (Å²) in [5.41, 5.74) is 2.78. The molecule has 2 aromatic rings. The smallest absolute Gasteiger partial charge is 0.175 e. The van der Waals surface area contributed by atoms with Gasteiger partial charge in [-0.05, 0) is 42.8 Å². The van der Waals surface area contributed by atoms with Gasteiger partial charge < -0.3 is 4.74 Å². The summed E-state index contributed by atoms with van der Waals surface area (Å²) < 4.78 is 29.2. The molecular weight excluding hydrogens is 324 g/mol. The molecule has 0 saturated heterocycles. The molecular formula is C19H18O4S. The molecule has 1 aliphatic heterocycles. The van der Waals surface area contributed by atoms with E-state index < -0.39 is 9.84 Å². The number of carbonyl (C=O) groups excluding carboxylic acids is 1. The van der Waals surface area contributed by atoms with E-state index in [2.05, 4.69) is 0 Å². The van der Waals surface area contributed by atoms with Crippen LogP contribution in [0.15, 0.2) is 53.4 Å². The van der Waals surface area contributed by atoms with Gasteiger partial charge in [0.15, 0.2) is 9.84 Å². The second-order valence-electron chi connectivity index (χ2n) is 5.95. The Morgan fingerprint density at radius 1 is 1.08 bits per heavy atom. The fourth-order valence-electron chi connectivity index (χ4n) is 2.76. The van der Waals surface area contributed by atoms with E-state index in [9.17, 15) is 13.2 Å². The molecule has 0 spiro atoms. The number of Topliss-reactive ketones (excluding diaryl/α,β-unsaturated/α-hetero) is 1. The first-order valence-electron chi connectivity index (χ1n) is 7.62. The molecule has 0 aliphatic carbocycles. The molecule has 1 aliphatic rings. The summed E-state index contributed by atoms with van der Waals surface area (Å²) in [6.07, 6.45) is 3.07. The Morgan fingerprint density at radius 3 is 2.38 bits per heavy atom. The predicted octanol–water partition coefficient (Wildman–Crippen LogP) is 3.64. The van der Waals surface area contributed by atoms with Crippen molar-refractivity contribution in [2.75, 3.05) is 6.26 Å². The van der Waals surface area contributed by atoms with Crippen LogP contribution >= 0.6 is 0 Å². The SMILES string of the molecule is CC(=O)CC1OC(c2ccc(S(C)(=O)=O)cc2)=Cc2ccccc21. The molecule has 4 nitrogen and oxygen atoms in total. The number of carbonyl (C=O) groups is 1. The summed E-state index contributed by atoms with van der Waals surface area (Å²) in [6, 6.07) is 14.4. The molecule has 3 rings (SSSR count). The fraction of sp³-hybridized carbons (Fsp3) is 0.211.